The van der Waals surface area contributed by atoms with Crippen molar-refractivity contribution in [2.75, 3.05) is 33.0 Å². The minimum absolute atomic E-state index is 0.00423. The minimum Gasteiger partial charge on any atom is -0.459 e. The largest absolute Gasteiger partial charge is 0.459 e. The van der Waals surface area contributed by atoms with Gasteiger partial charge in [0.1, 0.15) is 36.2 Å². The Morgan fingerprint density at radius 3 is 2.48 bits per heavy atom. The molecule has 0 spiro atoms. The molecular weight excluding hydrogens is 807 g/mol. The van der Waals surface area contributed by atoms with Crippen LogP contribution in [-0.2, 0) is 20.9 Å². The number of allylic oxidation sites excluding steroid dienone is 1. The Bertz CT molecular complexity index is 2120. The van der Waals surface area contributed by atoms with E-state index >= 15 is 0 Å². The summed E-state index contributed by atoms with van der Waals surface area (Å²) in [4.78, 5) is 44.6. The van der Waals surface area contributed by atoms with E-state index in [0.29, 0.717) is 66.3 Å². The summed E-state index contributed by atoms with van der Waals surface area (Å²) in [5.74, 6) is -0.776. The Balaban J connectivity index is 1.56. The SMILES string of the molecule is C=CCCOC(=O)N(CCC)C1CC(=NOCc2ccc([N+](=O)[O-])cc2)C2=CC(CCCCO)C(CCCCO)C3c4cc(Oc5cccc(C=O)c5)ccc4OC1(OCC=C)C23. The number of carbonyl (C=O) groups is 2. The van der Waals surface area contributed by atoms with E-state index in [9.17, 15) is 29.9 Å². The summed E-state index contributed by atoms with van der Waals surface area (Å²) in [5, 5.41) is 36.0. The van der Waals surface area contributed by atoms with E-state index in [1.54, 1.807) is 53.5 Å². The summed E-state index contributed by atoms with van der Waals surface area (Å²) in [7, 11) is 0. The van der Waals surface area contributed by atoms with E-state index < -0.39 is 28.8 Å². The normalized spacial score (nSPS) is 22.7. The molecule has 0 bridgehead atoms. The molecule has 3 aromatic carbocycles. The summed E-state index contributed by atoms with van der Waals surface area (Å²) in [5.41, 5.74) is 3.44. The Labute approximate surface area is 369 Å². The number of ether oxygens (including phenoxy) is 4. The predicted molar refractivity (Wildman–Crippen MR) is 238 cm³/mol. The van der Waals surface area contributed by atoms with Gasteiger partial charge in [0.15, 0.2) is 0 Å². The highest BCUT2D eigenvalue weighted by molar-refractivity contribution is 6.03. The molecule has 63 heavy (non-hydrogen) atoms. The number of hydrogen-bond acceptors (Lipinski definition) is 12. The number of oxime groups is 1. The second-order valence-electron chi connectivity index (χ2n) is 16.1. The third kappa shape index (κ3) is 10.9. The van der Waals surface area contributed by atoms with Crippen molar-refractivity contribution in [2.24, 2.45) is 22.9 Å². The maximum atomic E-state index is 14.3. The number of carbonyl (C=O) groups excluding carboxylic acids is 2. The van der Waals surface area contributed by atoms with Gasteiger partial charge in [-0.1, -0.05) is 55.3 Å². The van der Waals surface area contributed by atoms with Gasteiger partial charge in [0.25, 0.3) is 5.69 Å². The lowest BCUT2D eigenvalue weighted by molar-refractivity contribution is -0.384. The molecule has 0 saturated heterocycles. The van der Waals surface area contributed by atoms with Crippen LogP contribution in [0.1, 0.15) is 92.1 Å². The summed E-state index contributed by atoms with van der Waals surface area (Å²) in [6, 6.07) is 17.9. The topological polar surface area (TPSA) is 179 Å². The number of hydrogen-bond donors (Lipinski definition) is 2. The summed E-state index contributed by atoms with van der Waals surface area (Å²) < 4.78 is 26.6. The second-order valence-corrected chi connectivity index (χ2v) is 16.1. The van der Waals surface area contributed by atoms with E-state index in [-0.39, 0.29) is 62.9 Å². The van der Waals surface area contributed by atoms with E-state index in [1.807, 2.05) is 25.1 Å². The standard InChI is InChI=1S/C49H59N3O11/c1-4-7-27-59-48(56)51(23-5-2)45-31-43(50-61-33-34-17-19-37(20-18-34)52(57)58)41-29-36(14-8-10-24-53)40(16-9-11-25-54)46-42-30-39(62-38-15-12-13-35(28-38)32-55)21-22-44(42)63-49(45,47(41)46)60-26-6-3/h4,6,12-13,15,17-22,28-30,32,36,40,45-47,53-54H,1,3,5,7-11,14,16,23-27,31,33H2,2H3. The number of rotatable bonds is 24. The molecular formula is C49H59N3O11. The van der Waals surface area contributed by atoms with Crippen LogP contribution in [-0.4, -0.2) is 82.9 Å². The number of aliphatic hydroxyl groups is 2. The molecule has 1 amide bonds. The van der Waals surface area contributed by atoms with Crippen molar-refractivity contribution in [2.45, 2.75) is 89.1 Å². The van der Waals surface area contributed by atoms with Crippen LogP contribution >= 0.6 is 0 Å². The third-order valence-corrected chi connectivity index (χ3v) is 12.1. The first kappa shape index (κ1) is 46.7. The number of non-ortho nitro benzene ring substituents is 1. The van der Waals surface area contributed by atoms with Gasteiger partial charge in [-0.15, -0.1) is 13.2 Å². The lowest BCUT2D eigenvalue weighted by Gasteiger charge is -2.59. The van der Waals surface area contributed by atoms with Gasteiger partial charge >= 0.3 is 6.09 Å². The van der Waals surface area contributed by atoms with Crippen molar-refractivity contribution < 1.29 is 48.5 Å². The number of nitrogens with zero attached hydrogens (tertiary/aromatic N) is 3. The molecule has 14 nitrogen and oxygen atoms in total. The zero-order valence-corrected chi connectivity index (χ0v) is 36.0. The molecule has 0 radical (unpaired) electrons. The van der Waals surface area contributed by atoms with Crippen LogP contribution in [0.3, 0.4) is 0 Å². The van der Waals surface area contributed by atoms with Gasteiger partial charge in [-0.2, -0.15) is 0 Å². The maximum absolute atomic E-state index is 14.3. The smallest absolute Gasteiger partial charge is 0.410 e. The zero-order chi connectivity index (χ0) is 44.8. The third-order valence-electron chi connectivity index (χ3n) is 12.1. The molecule has 6 atom stereocenters. The van der Waals surface area contributed by atoms with Crippen molar-refractivity contribution in [3.05, 3.63) is 130 Å². The van der Waals surface area contributed by atoms with Gasteiger partial charge < -0.3 is 34.0 Å². The molecule has 1 saturated carbocycles. The highest BCUT2D eigenvalue weighted by Crippen LogP contribution is 2.62. The van der Waals surface area contributed by atoms with Crippen LogP contribution < -0.4 is 9.47 Å². The predicted octanol–water partition coefficient (Wildman–Crippen LogP) is 9.46. The van der Waals surface area contributed by atoms with Crippen LogP contribution in [0.25, 0.3) is 0 Å². The quantitative estimate of drug-likeness (QED) is 0.0288. The fourth-order valence-electron chi connectivity index (χ4n) is 9.33. The lowest BCUT2D eigenvalue weighted by atomic mass is 9.55. The molecule has 2 aliphatic carbocycles. The first-order valence-electron chi connectivity index (χ1n) is 21.9. The summed E-state index contributed by atoms with van der Waals surface area (Å²) >= 11 is 0. The lowest BCUT2D eigenvalue weighted by Crippen LogP contribution is -2.70. The molecule has 1 fully saturated rings. The molecule has 14 heteroatoms. The number of aliphatic hydroxyl groups excluding tert-OH is 2. The molecule has 3 aromatic rings. The Morgan fingerprint density at radius 2 is 1.78 bits per heavy atom. The molecule has 2 N–H and O–H groups in total. The molecule has 1 aliphatic heterocycles. The number of nitro groups is 1. The van der Waals surface area contributed by atoms with Gasteiger partial charge in [-0.25, -0.2) is 4.79 Å². The molecule has 3 aliphatic rings. The average Bonchev–Trinajstić information content (AvgIpc) is 3.29. The number of nitro benzene ring substituents is 1. The first-order valence-corrected chi connectivity index (χ1v) is 21.9. The van der Waals surface area contributed by atoms with Crippen LogP contribution in [0, 0.1) is 27.9 Å². The van der Waals surface area contributed by atoms with Gasteiger partial charge in [-0.3, -0.25) is 19.8 Å². The number of fused-ring (bicyclic) bond motifs is 2. The van der Waals surface area contributed by atoms with Gasteiger partial charge in [0.05, 0.1) is 29.8 Å². The zero-order valence-electron chi connectivity index (χ0n) is 36.0. The fourth-order valence-corrected chi connectivity index (χ4v) is 9.33. The van der Waals surface area contributed by atoms with Crippen LogP contribution in [0.2, 0.25) is 0 Å². The van der Waals surface area contributed by atoms with Crippen LogP contribution in [0.15, 0.2) is 109 Å². The first-order chi connectivity index (χ1) is 30.7. The molecule has 0 aromatic heterocycles. The minimum atomic E-state index is -1.48. The van der Waals surface area contributed by atoms with Gasteiger partial charge in [0, 0.05) is 55.4 Å². The van der Waals surface area contributed by atoms with E-state index in [0.717, 1.165) is 43.1 Å². The van der Waals surface area contributed by atoms with Crippen molar-refractivity contribution in [3.8, 4) is 17.2 Å². The van der Waals surface area contributed by atoms with Crippen molar-refractivity contribution in [1.82, 2.24) is 4.90 Å². The number of benzene rings is 3. The highest BCUT2D eigenvalue weighted by atomic mass is 16.7. The van der Waals surface area contributed by atoms with Gasteiger partial charge in [-0.05, 0) is 104 Å². The van der Waals surface area contributed by atoms with Crippen molar-refractivity contribution >= 4 is 23.8 Å². The Hall–Kier alpha value is -5.83. The molecule has 6 rings (SSSR count). The monoisotopic (exact) mass is 865 g/mol. The Morgan fingerprint density at radius 1 is 1.02 bits per heavy atom. The number of amides is 1. The van der Waals surface area contributed by atoms with Crippen LogP contribution in [0.4, 0.5) is 10.5 Å². The average molecular weight is 866 g/mol. The second kappa shape index (κ2) is 22.5. The van der Waals surface area contributed by atoms with E-state index in [1.165, 1.54) is 12.1 Å². The van der Waals surface area contributed by atoms with Crippen molar-refractivity contribution in [1.29, 1.82) is 0 Å². The summed E-state index contributed by atoms with van der Waals surface area (Å²) in [6.07, 6.45) is 11.3. The molecule has 1 heterocycles. The number of aldehydes is 1. The van der Waals surface area contributed by atoms with Crippen LogP contribution in [0.5, 0.6) is 17.2 Å². The highest BCUT2D eigenvalue weighted by Gasteiger charge is 2.65. The number of unbranched alkanes of at least 4 members (excludes halogenated alkanes) is 2. The maximum Gasteiger partial charge on any atom is 0.410 e. The Kier molecular flexibility index (Phi) is 16.7. The van der Waals surface area contributed by atoms with E-state index in [4.69, 9.17) is 28.9 Å². The molecule has 6 unspecified atom stereocenters. The molecule has 336 valence electrons. The van der Waals surface area contributed by atoms with Gasteiger partial charge in [0.2, 0.25) is 5.79 Å². The fraction of sp³-hybridized carbons (Fsp3) is 0.449. The van der Waals surface area contributed by atoms with Crippen molar-refractivity contribution in [3.63, 3.8) is 0 Å². The van der Waals surface area contributed by atoms with E-state index in [2.05, 4.69) is 19.2 Å². The summed E-state index contributed by atoms with van der Waals surface area (Å²) in [6.45, 7) is 10.5.